The van der Waals surface area contributed by atoms with Crippen molar-refractivity contribution in [3.63, 3.8) is 0 Å². The summed E-state index contributed by atoms with van der Waals surface area (Å²) in [6.07, 6.45) is 0. The molecule has 2 N–H and O–H groups in total. The number of hydrogen-bond acceptors (Lipinski definition) is 4. The van der Waals surface area contributed by atoms with E-state index in [1.807, 2.05) is 19.1 Å². The first-order chi connectivity index (χ1) is 9.36. The van der Waals surface area contributed by atoms with Gasteiger partial charge in [-0.15, -0.1) is 11.3 Å². The number of aryl methyl sites for hydroxylation is 2. The summed E-state index contributed by atoms with van der Waals surface area (Å²) >= 11 is 1.43. The number of anilines is 1. The van der Waals surface area contributed by atoms with Crippen LogP contribution in [0.2, 0.25) is 0 Å². The third kappa shape index (κ3) is 2.72. The minimum absolute atomic E-state index is 0.339. The third-order valence-electron chi connectivity index (χ3n) is 3.16. The first kappa shape index (κ1) is 15.0. The van der Waals surface area contributed by atoms with Crippen LogP contribution in [0.5, 0.6) is 0 Å². The number of sulfonamides is 1. The molecular weight excluding hydrogens is 292 g/mol. The minimum atomic E-state index is -3.54. The lowest BCUT2D eigenvalue weighted by molar-refractivity contribution is 0.594. The van der Waals surface area contributed by atoms with Crippen molar-refractivity contribution >= 4 is 27.0 Å². The lowest BCUT2D eigenvalue weighted by atomic mass is 10.2. The van der Waals surface area contributed by atoms with Gasteiger partial charge in [0.25, 0.3) is 10.0 Å². The molecular formula is C14H18N2O2S2. The Labute approximate surface area is 123 Å². The zero-order chi connectivity index (χ0) is 14.9. The van der Waals surface area contributed by atoms with E-state index in [-0.39, 0.29) is 0 Å². The van der Waals surface area contributed by atoms with Gasteiger partial charge in [-0.3, -0.25) is 4.31 Å². The van der Waals surface area contributed by atoms with E-state index in [9.17, 15) is 8.42 Å². The van der Waals surface area contributed by atoms with Gasteiger partial charge in [-0.25, -0.2) is 8.42 Å². The molecule has 0 atom stereocenters. The van der Waals surface area contributed by atoms with Crippen LogP contribution in [0.3, 0.4) is 0 Å². The second-order valence-electron chi connectivity index (χ2n) is 4.65. The molecule has 1 aromatic heterocycles. The Bertz CT molecular complexity index is 703. The Balaban J connectivity index is 2.43. The molecule has 1 heterocycles. The molecule has 1 aromatic carbocycles. The summed E-state index contributed by atoms with van der Waals surface area (Å²) in [5.41, 5.74) is 7.32. The van der Waals surface area contributed by atoms with Gasteiger partial charge in [0.1, 0.15) is 4.90 Å². The lowest BCUT2D eigenvalue weighted by Gasteiger charge is -2.19. The standard InChI is InChI=1S/C14H18N2O2S2/c1-10-4-6-12(7-5-10)16(3)20(17,18)14-8-13(9-15)19-11(14)2/h4-8H,9,15H2,1-3H3. The molecule has 20 heavy (non-hydrogen) atoms. The maximum absolute atomic E-state index is 12.7. The van der Waals surface area contributed by atoms with E-state index >= 15 is 0 Å². The summed E-state index contributed by atoms with van der Waals surface area (Å²) in [5.74, 6) is 0. The quantitative estimate of drug-likeness (QED) is 0.944. The van der Waals surface area contributed by atoms with Gasteiger partial charge >= 0.3 is 0 Å². The van der Waals surface area contributed by atoms with Crippen molar-refractivity contribution < 1.29 is 8.42 Å². The highest BCUT2D eigenvalue weighted by molar-refractivity contribution is 7.93. The molecule has 0 amide bonds. The smallest absolute Gasteiger partial charge is 0.265 e. The first-order valence-corrected chi connectivity index (χ1v) is 8.47. The fraction of sp³-hybridized carbons (Fsp3) is 0.286. The van der Waals surface area contributed by atoms with Gasteiger partial charge in [0.2, 0.25) is 0 Å². The number of nitrogens with zero attached hydrogens (tertiary/aromatic N) is 1. The van der Waals surface area contributed by atoms with Gasteiger partial charge in [0, 0.05) is 23.3 Å². The summed E-state index contributed by atoms with van der Waals surface area (Å²) < 4.78 is 26.6. The van der Waals surface area contributed by atoms with E-state index in [1.54, 1.807) is 32.2 Å². The largest absolute Gasteiger partial charge is 0.326 e. The van der Waals surface area contributed by atoms with E-state index in [2.05, 4.69) is 0 Å². The van der Waals surface area contributed by atoms with Crippen LogP contribution in [0, 0.1) is 13.8 Å². The molecule has 2 aromatic rings. The Hall–Kier alpha value is -1.37. The van der Waals surface area contributed by atoms with E-state index in [1.165, 1.54) is 15.6 Å². The fourth-order valence-corrected chi connectivity index (χ4v) is 4.60. The first-order valence-electron chi connectivity index (χ1n) is 6.21. The van der Waals surface area contributed by atoms with Crippen LogP contribution in [-0.2, 0) is 16.6 Å². The lowest BCUT2D eigenvalue weighted by Crippen LogP contribution is -2.26. The molecule has 0 aliphatic rings. The van der Waals surface area contributed by atoms with Crippen molar-refractivity contribution in [2.45, 2.75) is 25.3 Å². The second kappa shape index (κ2) is 5.55. The van der Waals surface area contributed by atoms with Gasteiger partial charge in [0.15, 0.2) is 0 Å². The molecule has 0 saturated carbocycles. The minimum Gasteiger partial charge on any atom is -0.326 e. The third-order valence-corrected chi connectivity index (χ3v) is 6.27. The van der Waals surface area contributed by atoms with Crippen molar-refractivity contribution in [3.05, 3.63) is 45.6 Å². The van der Waals surface area contributed by atoms with Crippen LogP contribution in [-0.4, -0.2) is 15.5 Å². The molecule has 6 heteroatoms. The van der Waals surface area contributed by atoms with Gasteiger partial charge in [-0.2, -0.15) is 0 Å². The summed E-state index contributed by atoms with van der Waals surface area (Å²) in [7, 11) is -1.97. The van der Waals surface area contributed by atoms with Crippen LogP contribution >= 0.6 is 11.3 Å². The molecule has 4 nitrogen and oxygen atoms in total. The Morgan fingerprint density at radius 2 is 1.80 bits per heavy atom. The average molecular weight is 310 g/mol. The molecule has 0 bridgehead atoms. The molecule has 0 spiro atoms. The van der Waals surface area contributed by atoms with E-state index in [0.717, 1.165) is 15.3 Å². The summed E-state index contributed by atoms with van der Waals surface area (Å²) in [4.78, 5) is 1.98. The van der Waals surface area contributed by atoms with Crippen LogP contribution in [0.4, 0.5) is 5.69 Å². The molecule has 2 rings (SSSR count). The molecule has 0 aliphatic heterocycles. The maximum atomic E-state index is 12.7. The summed E-state index contributed by atoms with van der Waals surface area (Å²) in [6.45, 7) is 4.13. The highest BCUT2D eigenvalue weighted by atomic mass is 32.2. The predicted molar refractivity (Wildman–Crippen MR) is 83.7 cm³/mol. The van der Waals surface area contributed by atoms with Crippen molar-refractivity contribution in [1.29, 1.82) is 0 Å². The van der Waals surface area contributed by atoms with Crippen LogP contribution in [0.1, 0.15) is 15.3 Å². The number of benzene rings is 1. The van der Waals surface area contributed by atoms with Crippen molar-refractivity contribution in [2.24, 2.45) is 5.73 Å². The van der Waals surface area contributed by atoms with Crippen LogP contribution < -0.4 is 10.0 Å². The van der Waals surface area contributed by atoms with Crippen LogP contribution in [0.15, 0.2) is 35.2 Å². The average Bonchev–Trinajstić information content (AvgIpc) is 2.81. The van der Waals surface area contributed by atoms with E-state index in [4.69, 9.17) is 5.73 Å². The zero-order valence-corrected chi connectivity index (χ0v) is 13.4. The summed E-state index contributed by atoms with van der Waals surface area (Å²) in [6, 6.07) is 9.07. The number of thiophene rings is 1. The fourth-order valence-electron chi connectivity index (χ4n) is 1.92. The van der Waals surface area contributed by atoms with Gasteiger partial charge in [-0.05, 0) is 32.0 Å². The molecule has 0 radical (unpaired) electrons. The van der Waals surface area contributed by atoms with E-state index in [0.29, 0.717) is 17.1 Å². The second-order valence-corrected chi connectivity index (χ2v) is 7.92. The van der Waals surface area contributed by atoms with Crippen molar-refractivity contribution in [2.75, 3.05) is 11.4 Å². The molecule has 0 unspecified atom stereocenters. The normalized spacial score (nSPS) is 11.6. The van der Waals surface area contributed by atoms with Crippen LogP contribution in [0.25, 0.3) is 0 Å². The zero-order valence-electron chi connectivity index (χ0n) is 11.8. The Morgan fingerprint density at radius 1 is 1.20 bits per heavy atom. The topological polar surface area (TPSA) is 63.4 Å². The molecule has 0 fully saturated rings. The van der Waals surface area contributed by atoms with E-state index < -0.39 is 10.0 Å². The monoisotopic (exact) mass is 310 g/mol. The maximum Gasteiger partial charge on any atom is 0.265 e. The number of rotatable bonds is 4. The SMILES string of the molecule is Cc1ccc(N(C)S(=O)(=O)c2cc(CN)sc2C)cc1. The van der Waals surface area contributed by atoms with Gasteiger partial charge < -0.3 is 5.73 Å². The Kier molecular flexibility index (Phi) is 4.17. The van der Waals surface area contributed by atoms with Gasteiger partial charge in [0.05, 0.1) is 5.69 Å². The molecule has 0 aliphatic carbocycles. The molecule has 0 saturated heterocycles. The number of hydrogen-bond donors (Lipinski definition) is 1. The van der Waals surface area contributed by atoms with Crippen molar-refractivity contribution in [3.8, 4) is 0 Å². The highest BCUT2D eigenvalue weighted by Gasteiger charge is 2.25. The highest BCUT2D eigenvalue weighted by Crippen LogP contribution is 2.29. The van der Waals surface area contributed by atoms with Gasteiger partial charge in [-0.1, -0.05) is 17.7 Å². The summed E-state index contributed by atoms with van der Waals surface area (Å²) in [5, 5.41) is 0. The molecule has 108 valence electrons. The van der Waals surface area contributed by atoms with Crippen molar-refractivity contribution in [1.82, 2.24) is 0 Å². The Morgan fingerprint density at radius 3 is 2.30 bits per heavy atom. The predicted octanol–water partition coefficient (Wildman–Crippen LogP) is 2.65. The number of nitrogens with two attached hydrogens (primary N) is 1.